The van der Waals surface area contributed by atoms with Crippen molar-refractivity contribution in [2.45, 2.75) is 20.8 Å². The largest absolute Gasteiger partial charge is 0.273 e. The lowest BCUT2D eigenvalue weighted by molar-refractivity contribution is 0.0927. The van der Waals surface area contributed by atoms with Crippen molar-refractivity contribution in [1.29, 1.82) is 0 Å². The first-order valence-corrected chi connectivity index (χ1v) is 4.42. The molecule has 0 radical (unpaired) electrons. The molecular weight excluding hydrogens is 178 g/mol. The highest BCUT2D eigenvalue weighted by molar-refractivity contribution is 5.88. The molecule has 4 heteroatoms. The van der Waals surface area contributed by atoms with Crippen molar-refractivity contribution in [1.82, 2.24) is 14.8 Å². The van der Waals surface area contributed by atoms with E-state index >= 15 is 0 Å². The smallest absolute Gasteiger partial charge is 0.244 e. The molecule has 0 aliphatic rings. The summed E-state index contributed by atoms with van der Waals surface area (Å²) in [6.45, 7) is 5.40. The number of hydrogen-bond acceptors (Lipinski definition) is 3. The highest BCUT2D eigenvalue weighted by Crippen LogP contribution is 2.15. The number of rotatable bonds is 0. The van der Waals surface area contributed by atoms with E-state index in [-0.39, 0.29) is 5.91 Å². The van der Waals surface area contributed by atoms with E-state index in [9.17, 15) is 4.79 Å². The maximum atomic E-state index is 11.2. The van der Waals surface area contributed by atoms with Gasteiger partial charge in [0.2, 0.25) is 5.91 Å². The summed E-state index contributed by atoms with van der Waals surface area (Å²) in [6, 6.07) is 1.94. The molecule has 2 rings (SSSR count). The summed E-state index contributed by atoms with van der Waals surface area (Å²) in [4.78, 5) is 15.5. The first kappa shape index (κ1) is 8.87. The standard InChI is InChI=1S/C10H11N3O/c1-6-4-10-9(12-7(6)2)5-11-13(10)8(3)14/h4-5H,1-3H3. The van der Waals surface area contributed by atoms with Crippen molar-refractivity contribution in [2.75, 3.05) is 0 Å². The Bertz CT molecular complexity index is 513. The Labute approximate surface area is 81.6 Å². The van der Waals surface area contributed by atoms with Gasteiger partial charge in [0.15, 0.2) is 0 Å². The Hall–Kier alpha value is -1.71. The number of aromatic nitrogens is 3. The SMILES string of the molecule is CC(=O)n1ncc2nc(C)c(C)cc21. The third kappa shape index (κ3) is 1.19. The van der Waals surface area contributed by atoms with Gasteiger partial charge in [-0.05, 0) is 25.5 Å². The molecule has 0 amide bonds. The number of nitrogens with zero attached hydrogens (tertiary/aromatic N) is 3. The Kier molecular flexibility index (Phi) is 1.84. The fourth-order valence-corrected chi connectivity index (χ4v) is 1.40. The molecule has 14 heavy (non-hydrogen) atoms. The van der Waals surface area contributed by atoms with Crippen LogP contribution in [0, 0.1) is 13.8 Å². The van der Waals surface area contributed by atoms with E-state index in [1.54, 1.807) is 6.20 Å². The van der Waals surface area contributed by atoms with E-state index in [1.807, 2.05) is 19.9 Å². The zero-order valence-electron chi connectivity index (χ0n) is 8.40. The van der Waals surface area contributed by atoms with Crippen LogP contribution in [0.2, 0.25) is 0 Å². The molecular formula is C10H11N3O. The van der Waals surface area contributed by atoms with Gasteiger partial charge in [-0.3, -0.25) is 4.79 Å². The molecule has 0 fully saturated rings. The van der Waals surface area contributed by atoms with Gasteiger partial charge in [0.1, 0.15) is 5.52 Å². The number of carbonyl (C=O) groups is 1. The summed E-state index contributed by atoms with van der Waals surface area (Å²) in [5.41, 5.74) is 3.59. The number of pyridine rings is 1. The lowest BCUT2D eigenvalue weighted by Gasteiger charge is -2.00. The van der Waals surface area contributed by atoms with E-state index in [0.29, 0.717) is 0 Å². The molecule has 0 atom stereocenters. The van der Waals surface area contributed by atoms with Crippen LogP contribution >= 0.6 is 0 Å². The third-order valence-electron chi connectivity index (χ3n) is 2.30. The molecule has 4 nitrogen and oxygen atoms in total. The highest BCUT2D eigenvalue weighted by Gasteiger charge is 2.08. The summed E-state index contributed by atoms with van der Waals surface area (Å²) in [7, 11) is 0. The van der Waals surface area contributed by atoms with Crippen LogP contribution in [0.15, 0.2) is 12.3 Å². The summed E-state index contributed by atoms with van der Waals surface area (Å²) < 4.78 is 1.37. The molecule has 2 aromatic heterocycles. The quantitative estimate of drug-likeness (QED) is 0.633. The maximum absolute atomic E-state index is 11.2. The highest BCUT2D eigenvalue weighted by atomic mass is 16.2. The van der Waals surface area contributed by atoms with Gasteiger partial charge in [-0.2, -0.15) is 9.78 Å². The van der Waals surface area contributed by atoms with Crippen molar-refractivity contribution in [3.05, 3.63) is 23.5 Å². The van der Waals surface area contributed by atoms with Gasteiger partial charge in [-0.25, -0.2) is 4.98 Å². The van der Waals surface area contributed by atoms with Crippen LogP contribution in [0.5, 0.6) is 0 Å². The Morgan fingerprint density at radius 3 is 2.79 bits per heavy atom. The first-order valence-electron chi connectivity index (χ1n) is 4.42. The van der Waals surface area contributed by atoms with Gasteiger partial charge in [-0.1, -0.05) is 0 Å². The van der Waals surface area contributed by atoms with Crippen molar-refractivity contribution in [2.24, 2.45) is 0 Å². The van der Waals surface area contributed by atoms with E-state index in [0.717, 1.165) is 22.3 Å². The van der Waals surface area contributed by atoms with Crippen LogP contribution in [0.3, 0.4) is 0 Å². The molecule has 2 heterocycles. The zero-order chi connectivity index (χ0) is 10.3. The summed E-state index contributed by atoms with van der Waals surface area (Å²) >= 11 is 0. The van der Waals surface area contributed by atoms with Gasteiger partial charge in [-0.15, -0.1) is 0 Å². The second-order valence-electron chi connectivity index (χ2n) is 3.37. The lowest BCUT2D eigenvalue weighted by atomic mass is 10.2. The summed E-state index contributed by atoms with van der Waals surface area (Å²) in [6.07, 6.45) is 1.61. The van der Waals surface area contributed by atoms with Crippen molar-refractivity contribution in [3.8, 4) is 0 Å². The number of aryl methyl sites for hydroxylation is 2. The molecule has 0 aliphatic heterocycles. The Balaban J connectivity index is 2.80. The van der Waals surface area contributed by atoms with E-state index in [4.69, 9.17) is 0 Å². The van der Waals surface area contributed by atoms with E-state index in [1.165, 1.54) is 11.6 Å². The number of hydrogen-bond donors (Lipinski definition) is 0. The monoisotopic (exact) mass is 189 g/mol. The maximum Gasteiger partial charge on any atom is 0.244 e. The number of carbonyl (C=O) groups excluding carboxylic acids is 1. The molecule has 0 unspecified atom stereocenters. The Morgan fingerprint density at radius 2 is 2.14 bits per heavy atom. The van der Waals surface area contributed by atoms with Crippen LogP contribution in [-0.2, 0) is 0 Å². The third-order valence-corrected chi connectivity index (χ3v) is 2.30. The molecule has 0 bridgehead atoms. The Morgan fingerprint density at radius 1 is 1.43 bits per heavy atom. The van der Waals surface area contributed by atoms with Crippen LogP contribution in [0.1, 0.15) is 23.0 Å². The summed E-state index contributed by atoms with van der Waals surface area (Å²) in [5, 5.41) is 3.98. The second kappa shape index (κ2) is 2.90. The van der Waals surface area contributed by atoms with E-state index < -0.39 is 0 Å². The lowest BCUT2D eigenvalue weighted by Crippen LogP contribution is -2.07. The minimum Gasteiger partial charge on any atom is -0.273 e. The second-order valence-corrected chi connectivity index (χ2v) is 3.37. The molecule has 72 valence electrons. The minimum atomic E-state index is -0.0925. The molecule has 0 aliphatic carbocycles. The molecule has 0 saturated heterocycles. The minimum absolute atomic E-state index is 0.0925. The van der Waals surface area contributed by atoms with Gasteiger partial charge in [0.25, 0.3) is 0 Å². The average molecular weight is 189 g/mol. The van der Waals surface area contributed by atoms with Crippen LogP contribution < -0.4 is 0 Å². The normalized spacial score (nSPS) is 10.8. The molecule has 0 saturated carbocycles. The van der Waals surface area contributed by atoms with Crippen molar-refractivity contribution >= 4 is 16.9 Å². The molecule has 0 aromatic carbocycles. The number of fused-ring (bicyclic) bond motifs is 1. The predicted octanol–water partition coefficient (Wildman–Crippen LogP) is 1.71. The van der Waals surface area contributed by atoms with Gasteiger partial charge < -0.3 is 0 Å². The molecule has 0 N–H and O–H groups in total. The van der Waals surface area contributed by atoms with Crippen molar-refractivity contribution < 1.29 is 4.79 Å². The average Bonchev–Trinajstić information content (AvgIpc) is 2.48. The zero-order valence-corrected chi connectivity index (χ0v) is 8.40. The van der Waals surface area contributed by atoms with Crippen LogP contribution in [-0.4, -0.2) is 20.7 Å². The topological polar surface area (TPSA) is 47.8 Å². The van der Waals surface area contributed by atoms with Gasteiger partial charge in [0.05, 0.1) is 11.7 Å². The van der Waals surface area contributed by atoms with Crippen LogP contribution in [0.4, 0.5) is 0 Å². The fourth-order valence-electron chi connectivity index (χ4n) is 1.40. The molecule has 0 spiro atoms. The summed E-state index contributed by atoms with van der Waals surface area (Å²) in [5.74, 6) is -0.0925. The first-order chi connectivity index (χ1) is 6.59. The fraction of sp³-hybridized carbons (Fsp3) is 0.300. The van der Waals surface area contributed by atoms with Crippen molar-refractivity contribution in [3.63, 3.8) is 0 Å². The van der Waals surface area contributed by atoms with E-state index in [2.05, 4.69) is 10.1 Å². The van der Waals surface area contributed by atoms with Gasteiger partial charge >= 0.3 is 0 Å². The molecule has 2 aromatic rings. The van der Waals surface area contributed by atoms with Crippen LogP contribution in [0.25, 0.3) is 11.0 Å². The predicted molar refractivity (Wildman–Crippen MR) is 53.3 cm³/mol. The van der Waals surface area contributed by atoms with Gasteiger partial charge in [0, 0.05) is 12.6 Å².